The van der Waals surface area contributed by atoms with E-state index in [2.05, 4.69) is 0 Å². The molecule has 1 unspecified atom stereocenters. The molecule has 0 saturated heterocycles. The molecule has 116 valence electrons. The number of anilines is 1. The van der Waals surface area contributed by atoms with Crippen LogP contribution in [0.5, 0.6) is 5.75 Å². The van der Waals surface area contributed by atoms with Gasteiger partial charge in [0.15, 0.2) is 0 Å². The number of amides is 1. The Hall–Kier alpha value is -2.28. The van der Waals surface area contributed by atoms with Crippen molar-refractivity contribution in [1.82, 2.24) is 0 Å². The molecular formula is C13H16BN3O5. The number of hydrogen-bond acceptors (Lipinski definition) is 6. The first-order chi connectivity index (χ1) is 10.3. The summed E-state index contributed by atoms with van der Waals surface area (Å²) in [6.45, 7) is 1.56. The molecule has 1 aromatic carbocycles. The van der Waals surface area contributed by atoms with Gasteiger partial charge in [-0.15, -0.1) is 0 Å². The quantitative estimate of drug-likeness (QED) is 0.648. The van der Waals surface area contributed by atoms with E-state index in [9.17, 15) is 14.9 Å². The van der Waals surface area contributed by atoms with Crippen molar-refractivity contribution in [3.63, 3.8) is 0 Å². The van der Waals surface area contributed by atoms with Gasteiger partial charge < -0.3 is 25.3 Å². The first-order valence-electron chi connectivity index (χ1n) is 6.52. The molecule has 0 fully saturated rings. The Balaban J connectivity index is 2.44. The molecule has 0 bridgehead atoms. The maximum atomic E-state index is 11.3. The van der Waals surface area contributed by atoms with Gasteiger partial charge in [-0.3, -0.25) is 4.90 Å². The van der Waals surface area contributed by atoms with Crippen molar-refractivity contribution in [2.75, 3.05) is 18.6 Å². The van der Waals surface area contributed by atoms with Crippen molar-refractivity contribution in [2.24, 2.45) is 5.73 Å². The van der Waals surface area contributed by atoms with E-state index >= 15 is 0 Å². The van der Waals surface area contributed by atoms with Crippen molar-refractivity contribution in [1.29, 1.82) is 5.26 Å². The molecule has 4 N–H and O–H groups in total. The summed E-state index contributed by atoms with van der Waals surface area (Å²) >= 11 is 0. The third kappa shape index (κ3) is 2.99. The molecule has 0 spiro atoms. The van der Waals surface area contributed by atoms with Crippen LogP contribution in [0.15, 0.2) is 12.1 Å². The predicted molar refractivity (Wildman–Crippen MR) is 79.0 cm³/mol. The smallest absolute Gasteiger partial charge is 0.488 e. The summed E-state index contributed by atoms with van der Waals surface area (Å²) < 4.78 is 10.6. The molecular weight excluding hydrogens is 289 g/mol. The Labute approximate surface area is 127 Å². The fourth-order valence-electron chi connectivity index (χ4n) is 2.10. The van der Waals surface area contributed by atoms with Gasteiger partial charge in [-0.2, -0.15) is 5.26 Å². The van der Waals surface area contributed by atoms with Gasteiger partial charge in [-0.05, 0) is 18.6 Å². The SMILES string of the molecule is CN(C(=O)O)c1c(OCC(C)(N)C#N)ccc2c1B(O)OC2. The van der Waals surface area contributed by atoms with Crippen LogP contribution in [0.4, 0.5) is 10.5 Å². The van der Waals surface area contributed by atoms with E-state index in [1.54, 1.807) is 12.1 Å². The van der Waals surface area contributed by atoms with E-state index < -0.39 is 18.8 Å². The van der Waals surface area contributed by atoms with Gasteiger partial charge >= 0.3 is 13.2 Å². The second-order valence-corrected chi connectivity index (χ2v) is 5.31. The van der Waals surface area contributed by atoms with Crippen molar-refractivity contribution in [3.05, 3.63) is 17.7 Å². The lowest BCUT2D eigenvalue weighted by molar-refractivity contribution is 0.203. The van der Waals surface area contributed by atoms with Crippen LogP contribution in [0.2, 0.25) is 0 Å². The largest absolute Gasteiger partial charge is 0.494 e. The maximum absolute atomic E-state index is 11.3. The fraction of sp³-hybridized carbons (Fsp3) is 0.385. The van der Waals surface area contributed by atoms with E-state index in [1.165, 1.54) is 14.0 Å². The molecule has 0 aromatic heterocycles. The molecule has 0 saturated carbocycles. The van der Waals surface area contributed by atoms with Gasteiger partial charge in [0.1, 0.15) is 17.9 Å². The first kappa shape index (κ1) is 16.1. The molecule has 8 nitrogen and oxygen atoms in total. The van der Waals surface area contributed by atoms with E-state index in [1.807, 2.05) is 6.07 Å². The lowest BCUT2D eigenvalue weighted by Crippen LogP contribution is -2.41. The summed E-state index contributed by atoms with van der Waals surface area (Å²) in [6, 6.07) is 5.15. The standard InChI is InChI=1S/C13H16BN3O5/c1-13(16,6-15)7-21-9-4-3-8-5-22-14(20)10(8)11(9)17(2)12(18)19/h3-4,20H,5,7,16H2,1-2H3,(H,18,19). The van der Waals surface area contributed by atoms with Gasteiger partial charge in [0.05, 0.1) is 18.4 Å². The normalized spacial score (nSPS) is 15.7. The highest BCUT2D eigenvalue weighted by atomic mass is 16.5. The molecule has 1 heterocycles. The molecule has 1 aliphatic rings. The van der Waals surface area contributed by atoms with Crippen LogP contribution >= 0.6 is 0 Å². The number of benzene rings is 1. The van der Waals surface area contributed by atoms with Crippen LogP contribution < -0.4 is 20.8 Å². The minimum Gasteiger partial charge on any atom is -0.488 e. The average molecular weight is 305 g/mol. The van der Waals surface area contributed by atoms with Crippen LogP contribution in [0, 0.1) is 11.3 Å². The molecule has 0 aliphatic carbocycles. The summed E-state index contributed by atoms with van der Waals surface area (Å²) in [5.41, 5.74) is 5.69. The number of nitriles is 1. The lowest BCUT2D eigenvalue weighted by atomic mass is 9.77. The third-order valence-corrected chi connectivity index (χ3v) is 3.32. The number of nitrogens with zero attached hydrogens (tertiary/aromatic N) is 2. The zero-order valence-corrected chi connectivity index (χ0v) is 12.2. The molecule has 1 amide bonds. The minimum absolute atomic E-state index is 0.125. The first-order valence-corrected chi connectivity index (χ1v) is 6.52. The van der Waals surface area contributed by atoms with Gasteiger partial charge in [-0.25, -0.2) is 4.79 Å². The zero-order valence-electron chi connectivity index (χ0n) is 12.2. The highest BCUT2D eigenvalue weighted by Gasteiger charge is 2.35. The molecule has 9 heteroatoms. The summed E-state index contributed by atoms with van der Waals surface area (Å²) in [5, 5.41) is 28.1. The fourth-order valence-corrected chi connectivity index (χ4v) is 2.10. The Kier molecular flexibility index (Phi) is 4.28. The number of fused-ring (bicyclic) bond motifs is 1. The number of carbonyl (C=O) groups is 1. The number of nitrogens with two attached hydrogens (primary N) is 1. The van der Waals surface area contributed by atoms with Gasteiger partial charge in [0.25, 0.3) is 0 Å². The second kappa shape index (κ2) is 5.85. The van der Waals surface area contributed by atoms with Crippen LogP contribution in [0.3, 0.4) is 0 Å². The summed E-state index contributed by atoms with van der Waals surface area (Å²) in [5.74, 6) is 0.208. The van der Waals surface area contributed by atoms with Gasteiger partial charge in [0.2, 0.25) is 0 Å². The van der Waals surface area contributed by atoms with E-state index in [0.29, 0.717) is 11.0 Å². The van der Waals surface area contributed by atoms with Crippen molar-refractivity contribution >= 4 is 24.4 Å². The van der Waals surface area contributed by atoms with E-state index in [-0.39, 0.29) is 24.7 Å². The molecule has 1 aromatic rings. The minimum atomic E-state index is -1.23. The topological polar surface area (TPSA) is 129 Å². The summed E-state index contributed by atoms with van der Waals surface area (Å²) in [6.07, 6.45) is -1.21. The van der Waals surface area contributed by atoms with Crippen LogP contribution in [0.25, 0.3) is 0 Å². The number of ether oxygens (including phenoxy) is 1. The lowest BCUT2D eigenvalue weighted by Gasteiger charge is -2.23. The Bertz CT molecular complexity index is 643. The Morgan fingerprint density at radius 2 is 2.36 bits per heavy atom. The van der Waals surface area contributed by atoms with Gasteiger partial charge in [0, 0.05) is 12.5 Å². The molecule has 2 rings (SSSR count). The Morgan fingerprint density at radius 3 is 2.95 bits per heavy atom. The monoisotopic (exact) mass is 305 g/mol. The number of rotatable bonds is 4. The van der Waals surface area contributed by atoms with Crippen molar-refractivity contribution in [3.8, 4) is 11.8 Å². The Morgan fingerprint density at radius 1 is 1.68 bits per heavy atom. The van der Waals surface area contributed by atoms with Gasteiger partial charge in [-0.1, -0.05) is 6.07 Å². The average Bonchev–Trinajstić information content (AvgIpc) is 2.85. The summed E-state index contributed by atoms with van der Waals surface area (Å²) in [4.78, 5) is 12.2. The maximum Gasteiger partial charge on any atom is 0.494 e. The van der Waals surface area contributed by atoms with Crippen LogP contribution in [-0.4, -0.2) is 42.5 Å². The summed E-state index contributed by atoms with van der Waals surface area (Å²) in [7, 11) is 0.109. The highest BCUT2D eigenvalue weighted by molar-refractivity contribution is 6.63. The predicted octanol–water partition coefficient (Wildman–Crippen LogP) is -0.362. The second-order valence-electron chi connectivity index (χ2n) is 5.31. The van der Waals surface area contributed by atoms with Crippen molar-refractivity contribution in [2.45, 2.75) is 19.1 Å². The third-order valence-electron chi connectivity index (χ3n) is 3.32. The van der Waals surface area contributed by atoms with Crippen LogP contribution in [-0.2, 0) is 11.3 Å². The molecule has 1 aliphatic heterocycles. The van der Waals surface area contributed by atoms with Crippen molar-refractivity contribution < 1.29 is 24.3 Å². The molecule has 1 atom stereocenters. The zero-order chi connectivity index (χ0) is 16.5. The molecule has 0 radical (unpaired) electrons. The van der Waals surface area contributed by atoms with Crippen LogP contribution in [0.1, 0.15) is 12.5 Å². The van der Waals surface area contributed by atoms with E-state index in [4.69, 9.17) is 20.4 Å². The highest BCUT2D eigenvalue weighted by Crippen LogP contribution is 2.30. The number of carboxylic acid groups (broad SMARTS) is 1. The van der Waals surface area contributed by atoms with E-state index in [0.717, 1.165) is 4.90 Å². The number of hydrogen-bond donors (Lipinski definition) is 3. The molecule has 22 heavy (non-hydrogen) atoms.